The molecule has 0 aliphatic heterocycles. The second-order valence-electron chi connectivity index (χ2n) is 5.31. The van der Waals surface area contributed by atoms with Crippen LogP contribution in [0.15, 0.2) is 24.3 Å². The largest absolute Gasteiger partial charge is 0.326 e. The molecule has 4 heteroatoms. The molecule has 1 atom stereocenters. The van der Waals surface area contributed by atoms with Gasteiger partial charge in [-0.05, 0) is 43.4 Å². The number of carbonyl (C=O) groups excluding carboxylic acids is 1. The lowest BCUT2D eigenvalue weighted by atomic mass is 10.0. The summed E-state index contributed by atoms with van der Waals surface area (Å²) in [4.78, 5) is 11.9. The molecule has 0 saturated heterocycles. The van der Waals surface area contributed by atoms with E-state index >= 15 is 0 Å². The quantitative estimate of drug-likeness (QED) is 0.886. The van der Waals surface area contributed by atoms with Gasteiger partial charge in [0.2, 0.25) is 5.91 Å². The molecule has 1 aromatic carbocycles. The van der Waals surface area contributed by atoms with Crippen molar-refractivity contribution in [2.45, 2.75) is 45.1 Å². The van der Waals surface area contributed by atoms with E-state index in [1.54, 1.807) is 0 Å². The first kappa shape index (κ1) is 16.0. The highest BCUT2D eigenvalue weighted by atomic mass is 35.5. The summed E-state index contributed by atoms with van der Waals surface area (Å²) in [5.41, 5.74) is 7.74. The standard InChI is InChI=1S/C15H22N2O.ClH/c1-11(16)13-6-8-14(9-7-13)17-15(18)10-12-4-2-3-5-12;/h6-9,11-12H,2-5,10,16H2,1H3,(H,17,18);1H. The van der Waals surface area contributed by atoms with Gasteiger partial charge in [0.05, 0.1) is 0 Å². The van der Waals surface area contributed by atoms with Crippen molar-refractivity contribution in [3.8, 4) is 0 Å². The molecule has 1 amide bonds. The number of hydrogen-bond donors (Lipinski definition) is 2. The highest BCUT2D eigenvalue weighted by Crippen LogP contribution is 2.27. The zero-order valence-electron chi connectivity index (χ0n) is 11.4. The number of nitrogens with two attached hydrogens (primary N) is 1. The lowest BCUT2D eigenvalue weighted by Crippen LogP contribution is -2.15. The molecule has 1 aromatic rings. The van der Waals surface area contributed by atoms with E-state index in [4.69, 9.17) is 5.73 Å². The summed E-state index contributed by atoms with van der Waals surface area (Å²) in [6, 6.07) is 7.82. The molecular formula is C15H23ClN2O. The summed E-state index contributed by atoms with van der Waals surface area (Å²) in [5, 5.41) is 2.96. The van der Waals surface area contributed by atoms with Crippen molar-refractivity contribution in [3.63, 3.8) is 0 Å². The van der Waals surface area contributed by atoms with Crippen molar-refractivity contribution < 1.29 is 4.79 Å². The van der Waals surface area contributed by atoms with Crippen LogP contribution in [-0.4, -0.2) is 5.91 Å². The minimum Gasteiger partial charge on any atom is -0.326 e. The van der Waals surface area contributed by atoms with Crippen LogP contribution in [0.1, 0.15) is 50.6 Å². The lowest BCUT2D eigenvalue weighted by molar-refractivity contribution is -0.117. The molecule has 1 aliphatic carbocycles. The Kier molecular flexibility index (Phi) is 6.32. The van der Waals surface area contributed by atoms with Crippen LogP contribution in [0.2, 0.25) is 0 Å². The Bertz CT molecular complexity index is 397. The number of anilines is 1. The molecule has 0 bridgehead atoms. The van der Waals surface area contributed by atoms with Gasteiger partial charge in [-0.1, -0.05) is 25.0 Å². The number of nitrogens with one attached hydrogen (secondary N) is 1. The van der Waals surface area contributed by atoms with Crippen LogP contribution >= 0.6 is 12.4 Å². The van der Waals surface area contributed by atoms with Crippen molar-refractivity contribution in [3.05, 3.63) is 29.8 Å². The predicted octanol–water partition coefficient (Wildman–Crippen LogP) is 3.65. The number of rotatable bonds is 4. The van der Waals surface area contributed by atoms with E-state index in [1.165, 1.54) is 25.7 Å². The molecule has 106 valence electrons. The number of benzene rings is 1. The summed E-state index contributed by atoms with van der Waals surface area (Å²) in [6.07, 6.45) is 5.63. The zero-order valence-corrected chi connectivity index (χ0v) is 12.2. The van der Waals surface area contributed by atoms with Crippen LogP contribution in [0, 0.1) is 5.92 Å². The monoisotopic (exact) mass is 282 g/mol. The molecule has 2 rings (SSSR count). The SMILES string of the molecule is CC(N)c1ccc(NC(=O)CC2CCCC2)cc1.Cl. The lowest BCUT2D eigenvalue weighted by Gasteiger charge is -2.11. The maximum Gasteiger partial charge on any atom is 0.224 e. The third kappa shape index (κ3) is 4.84. The van der Waals surface area contributed by atoms with Gasteiger partial charge >= 0.3 is 0 Å². The third-order valence-electron chi connectivity index (χ3n) is 3.67. The maximum atomic E-state index is 11.9. The molecule has 3 N–H and O–H groups in total. The fraction of sp³-hybridized carbons (Fsp3) is 0.533. The van der Waals surface area contributed by atoms with E-state index in [0.717, 1.165) is 11.3 Å². The van der Waals surface area contributed by atoms with Crippen molar-refractivity contribution in [2.75, 3.05) is 5.32 Å². The average Bonchev–Trinajstić information content (AvgIpc) is 2.82. The molecule has 0 aromatic heterocycles. The average molecular weight is 283 g/mol. The van der Waals surface area contributed by atoms with E-state index in [-0.39, 0.29) is 24.4 Å². The van der Waals surface area contributed by atoms with Gasteiger partial charge in [-0.3, -0.25) is 4.79 Å². The summed E-state index contributed by atoms with van der Waals surface area (Å²) in [7, 11) is 0. The smallest absolute Gasteiger partial charge is 0.224 e. The van der Waals surface area contributed by atoms with Gasteiger partial charge in [-0.2, -0.15) is 0 Å². The van der Waals surface area contributed by atoms with Crippen LogP contribution in [0.25, 0.3) is 0 Å². The Hall–Kier alpha value is -1.06. The van der Waals surface area contributed by atoms with Gasteiger partial charge in [0.15, 0.2) is 0 Å². The van der Waals surface area contributed by atoms with E-state index in [1.807, 2.05) is 31.2 Å². The van der Waals surface area contributed by atoms with Crippen molar-refractivity contribution in [1.82, 2.24) is 0 Å². The topological polar surface area (TPSA) is 55.1 Å². The highest BCUT2D eigenvalue weighted by molar-refractivity contribution is 5.90. The first-order valence-corrected chi connectivity index (χ1v) is 6.80. The summed E-state index contributed by atoms with van der Waals surface area (Å²) >= 11 is 0. The molecule has 1 unspecified atom stereocenters. The van der Waals surface area contributed by atoms with E-state index in [2.05, 4.69) is 5.32 Å². The van der Waals surface area contributed by atoms with Crippen LogP contribution in [0.3, 0.4) is 0 Å². The Balaban J connectivity index is 0.00000180. The van der Waals surface area contributed by atoms with E-state index in [0.29, 0.717) is 12.3 Å². The predicted molar refractivity (Wildman–Crippen MR) is 81.5 cm³/mol. The second kappa shape index (κ2) is 7.51. The Morgan fingerprint density at radius 1 is 1.32 bits per heavy atom. The molecule has 1 saturated carbocycles. The minimum absolute atomic E-state index is 0. The van der Waals surface area contributed by atoms with Crippen LogP contribution in [0.5, 0.6) is 0 Å². The Morgan fingerprint density at radius 3 is 2.42 bits per heavy atom. The van der Waals surface area contributed by atoms with Crippen molar-refractivity contribution in [2.24, 2.45) is 11.7 Å². The van der Waals surface area contributed by atoms with Gasteiger partial charge in [-0.15, -0.1) is 12.4 Å². The fourth-order valence-corrected chi connectivity index (χ4v) is 2.56. The maximum absolute atomic E-state index is 11.9. The number of halogens is 1. The molecule has 1 fully saturated rings. The van der Waals surface area contributed by atoms with Crippen LogP contribution < -0.4 is 11.1 Å². The number of carbonyl (C=O) groups is 1. The van der Waals surface area contributed by atoms with Crippen molar-refractivity contribution >= 4 is 24.0 Å². The van der Waals surface area contributed by atoms with Gasteiger partial charge in [0, 0.05) is 18.2 Å². The molecule has 1 aliphatic rings. The molecular weight excluding hydrogens is 260 g/mol. The molecule has 0 radical (unpaired) electrons. The first-order chi connectivity index (χ1) is 8.65. The van der Waals surface area contributed by atoms with Gasteiger partial charge < -0.3 is 11.1 Å². The van der Waals surface area contributed by atoms with Crippen LogP contribution in [-0.2, 0) is 4.79 Å². The zero-order chi connectivity index (χ0) is 13.0. The highest BCUT2D eigenvalue weighted by Gasteiger charge is 2.18. The molecule has 3 nitrogen and oxygen atoms in total. The van der Waals surface area contributed by atoms with Crippen LogP contribution in [0.4, 0.5) is 5.69 Å². The summed E-state index contributed by atoms with van der Waals surface area (Å²) in [5.74, 6) is 0.726. The molecule has 19 heavy (non-hydrogen) atoms. The second-order valence-corrected chi connectivity index (χ2v) is 5.31. The van der Waals surface area contributed by atoms with Gasteiger partial charge in [-0.25, -0.2) is 0 Å². The minimum atomic E-state index is 0. The normalized spacial score (nSPS) is 16.7. The first-order valence-electron chi connectivity index (χ1n) is 6.80. The Labute approximate surface area is 121 Å². The van der Waals surface area contributed by atoms with E-state index in [9.17, 15) is 4.79 Å². The Morgan fingerprint density at radius 2 is 1.89 bits per heavy atom. The molecule has 0 heterocycles. The molecule has 0 spiro atoms. The summed E-state index contributed by atoms with van der Waals surface area (Å²) in [6.45, 7) is 1.95. The van der Waals surface area contributed by atoms with Crippen molar-refractivity contribution in [1.29, 1.82) is 0 Å². The summed E-state index contributed by atoms with van der Waals surface area (Å²) < 4.78 is 0. The van der Waals surface area contributed by atoms with Gasteiger partial charge in [0.25, 0.3) is 0 Å². The fourth-order valence-electron chi connectivity index (χ4n) is 2.56. The third-order valence-corrected chi connectivity index (χ3v) is 3.67. The number of amides is 1. The van der Waals surface area contributed by atoms with E-state index < -0.39 is 0 Å². The number of hydrogen-bond acceptors (Lipinski definition) is 2. The van der Waals surface area contributed by atoms with Gasteiger partial charge in [0.1, 0.15) is 0 Å².